The number of hydrogen-bond acceptors (Lipinski definition) is 4. The highest BCUT2D eigenvalue weighted by Gasteiger charge is 2.35. The quantitative estimate of drug-likeness (QED) is 0.159. The first-order valence-corrected chi connectivity index (χ1v) is 17.0. The second-order valence-corrected chi connectivity index (χ2v) is 13.8. The Morgan fingerprint density at radius 3 is 1.93 bits per heavy atom. The van der Waals surface area contributed by atoms with E-state index >= 15 is 0 Å². The molecule has 0 bridgehead atoms. The van der Waals surface area contributed by atoms with Crippen LogP contribution in [0.25, 0.3) is 0 Å². The van der Waals surface area contributed by atoms with Crippen LogP contribution in [0.3, 0.4) is 0 Å². The fourth-order valence-electron chi connectivity index (χ4n) is 4.71. The van der Waals surface area contributed by atoms with Gasteiger partial charge in [0.05, 0.1) is 10.6 Å². The van der Waals surface area contributed by atoms with Gasteiger partial charge in [-0.05, 0) is 66.9 Å². The van der Waals surface area contributed by atoms with E-state index < -0.39 is 28.5 Å². The lowest BCUT2D eigenvalue weighted by atomic mass is 10.0. The summed E-state index contributed by atoms with van der Waals surface area (Å²) in [7, 11) is -4.27. The highest BCUT2D eigenvalue weighted by Crippen LogP contribution is 2.30. The van der Waals surface area contributed by atoms with E-state index in [9.17, 15) is 18.0 Å². The summed E-state index contributed by atoms with van der Waals surface area (Å²) in [5.41, 5.74) is 1.66. The number of halogens is 3. The molecule has 0 spiro atoms. The molecule has 4 aromatic carbocycles. The predicted molar refractivity (Wildman–Crippen MR) is 181 cm³/mol. The molecule has 0 fully saturated rings. The molecule has 0 aliphatic heterocycles. The van der Waals surface area contributed by atoms with Crippen molar-refractivity contribution in [1.82, 2.24) is 10.2 Å². The molecule has 4 aromatic rings. The standard InChI is InChI=1S/C34H34Cl3N3O4S/c1-3-24(2)38-34(42)32(18-25-10-6-4-7-11-25)39(22-26-14-16-27(35)17-15-26)33(41)23-40(30-20-28(36)19-29(37)21-30)45(43,44)31-12-8-5-9-13-31/h4-17,19-21,24,32H,3,18,22-23H2,1-2H3,(H,38,42). The van der Waals surface area contributed by atoms with Crippen molar-refractivity contribution in [2.75, 3.05) is 10.8 Å². The second kappa shape index (κ2) is 15.6. The van der Waals surface area contributed by atoms with E-state index in [1.165, 1.54) is 35.2 Å². The summed E-state index contributed by atoms with van der Waals surface area (Å²) in [4.78, 5) is 29.8. The molecule has 4 rings (SSSR count). The molecular formula is C34H34Cl3N3O4S. The molecule has 2 atom stereocenters. The number of amides is 2. The number of sulfonamides is 1. The van der Waals surface area contributed by atoms with Gasteiger partial charge in [-0.1, -0.05) is 102 Å². The first kappa shape index (κ1) is 34.3. The maximum atomic E-state index is 14.5. The molecule has 2 amide bonds. The summed E-state index contributed by atoms with van der Waals surface area (Å²) in [6.45, 7) is 3.25. The zero-order valence-corrected chi connectivity index (χ0v) is 28.0. The van der Waals surface area contributed by atoms with E-state index in [-0.39, 0.29) is 45.5 Å². The summed E-state index contributed by atoms with van der Waals surface area (Å²) in [5, 5.41) is 3.93. The van der Waals surface area contributed by atoms with Crippen molar-refractivity contribution in [2.24, 2.45) is 0 Å². The van der Waals surface area contributed by atoms with Crippen molar-refractivity contribution < 1.29 is 18.0 Å². The average molecular weight is 687 g/mol. The van der Waals surface area contributed by atoms with Crippen molar-refractivity contribution in [2.45, 2.75) is 50.2 Å². The van der Waals surface area contributed by atoms with Crippen LogP contribution in [0.4, 0.5) is 5.69 Å². The van der Waals surface area contributed by atoms with Gasteiger partial charge in [0.1, 0.15) is 12.6 Å². The Morgan fingerprint density at radius 2 is 1.36 bits per heavy atom. The molecule has 0 saturated carbocycles. The first-order chi connectivity index (χ1) is 21.5. The van der Waals surface area contributed by atoms with Crippen LogP contribution in [0.15, 0.2) is 108 Å². The normalized spacial score (nSPS) is 12.6. The van der Waals surface area contributed by atoms with E-state index in [4.69, 9.17) is 34.8 Å². The van der Waals surface area contributed by atoms with Gasteiger partial charge >= 0.3 is 0 Å². The minimum Gasteiger partial charge on any atom is -0.352 e. The maximum Gasteiger partial charge on any atom is 0.264 e. The van der Waals surface area contributed by atoms with E-state index in [1.54, 1.807) is 42.5 Å². The molecule has 0 heterocycles. The van der Waals surface area contributed by atoms with Gasteiger partial charge in [0.25, 0.3) is 10.0 Å². The van der Waals surface area contributed by atoms with Gasteiger partial charge in [-0.25, -0.2) is 8.42 Å². The Hall–Kier alpha value is -3.56. The van der Waals surface area contributed by atoms with Crippen LogP contribution in [0.2, 0.25) is 15.1 Å². The third kappa shape index (κ3) is 9.23. The molecule has 0 aliphatic rings. The summed E-state index contributed by atoms with van der Waals surface area (Å²) >= 11 is 18.7. The highest BCUT2D eigenvalue weighted by molar-refractivity contribution is 7.92. The van der Waals surface area contributed by atoms with Crippen LogP contribution in [0.5, 0.6) is 0 Å². The van der Waals surface area contributed by atoms with Crippen LogP contribution in [0.1, 0.15) is 31.4 Å². The minimum atomic E-state index is -4.27. The Bertz CT molecular complexity index is 1690. The summed E-state index contributed by atoms with van der Waals surface area (Å²) in [6.07, 6.45) is 0.893. The molecule has 0 aliphatic carbocycles. The van der Waals surface area contributed by atoms with Crippen molar-refractivity contribution in [3.63, 3.8) is 0 Å². The Morgan fingerprint density at radius 1 is 0.778 bits per heavy atom. The zero-order valence-electron chi connectivity index (χ0n) is 24.9. The van der Waals surface area contributed by atoms with E-state index in [0.29, 0.717) is 17.0 Å². The first-order valence-electron chi connectivity index (χ1n) is 14.4. The van der Waals surface area contributed by atoms with E-state index in [0.717, 1.165) is 9.87 Å². The maximum absolute atomic E-state index is 14.5. The molecule has 236 valence electrons. The fourth-order valence-corrected chi connectivity index (χ4v) is 6.77. The zero-order chi connectivity index (χ0) is 32.6. The number of nitrogens with zero attached hydrogens (tertiary/aromatic N) is 2. The number of anilines is 1. The van der Waals surface area contributed by atoms with Gasteiger partial charge < -0.3 is 10.2 Å². The lowest BCUT2D eigenvalue weighted by Gasteiger charge is -2.34. The van der Waals surface area contributed by atoms with E-state index in [2.05, 4.69) is 5.32 Å². The van der Waals surface area contributed by atoms with Gasteiger partial charge in [-0.3, -0.25) is 13.9 Å². The number of carbonyl (C=O) groups is 2. The van der Waals surface area contributed by atoms with Crippen molar-refractivity contribution in [3.05, 3.63) is 129 Å². The smallest absolute Gasteiger partial charge is 0.264 e. The predicted octanol–water partition coefficient (Wildman–Crippen LogP) is 7.40. The second-order valence-electron chi connectivity index (χ2n) is 10.6. The van der Waals surface area contributed by atoms with Gasteiger partial charge in [0.15, 0.2) is 0 Å². The molecule has 0 saturated heterocycles. The lowest BCUT2D eigenvalue weighted by molar-refractivity contribution is -0.140. The number of rotatable bonds is 13. The number of benzene rings is 4. The van der Waals surface area contributed by atoms with Crippen LogP contribution in [0, 0.1) is 0 Å². The van der Waals surface area contributed by atoms with Crippen LogP contribution in [-0.4, -0.2) is 43.8 Å². The molecule has 11 heteroatoms. The monoisotopic (exact) mass is 685 g/mol. The highest BCUT2D eigenvalue weighted by atomic mass is 35.5. The molecule has 2 unspecified atom stereocenters. The average Bonchev–Trinajstić information content (AvgIpc) is 3.02. The largest absolute Gasteiger partial charge is 0.352 e. The van der Waals surface area contributed by atoms with Crippen molar-refractivity contribution in [3.8, 4) is 0 Å². The third-order valence-corrected chi connectivity index (χ3v) is 9.76. The van der Waals surface area contributed by atoms with Gasteiger partial charge in [0.2, 0.25) is 11.8 Å². The molecule has 0 aromatic heterocycles. The topological polar surface area (TPSA) is 86.8 Å². The number of hydrogen-bond donors (Lipinski definition) is 1. The number of nitrogens with one attached hydrogen (secondary N) is 1. The Kier molecular flexibility index (Phi) is 11.9. The molecule has 0 radical (unpaired) electrons. The summed E-state index contributed by atoms with van der Waals surface area (Å²) < 4.78 is 29.1. The fraction of sp³-hybridized carbons (Fsp3) is 0.235. The van der Waals surface area contributed by atoms with Crippen LogP contribution in [-0.2, 0) is 32.6 Å². The molecular weight excluding hydrogens is 653 g/mol. The SMILES string of the molecule is CCC(C)NC(=O)C(Cc1ccccc1)N(Cc1ccc(Cl)cc1)C(=O)CN(c1cc(Cl)cc(Cl)c1)S(=O)(=O)c1ccccc1. The van der Waals surface area contributed by atoms with Gasteiger partial charge in [-0.15, -0.1) is 0 Å². The third-order valence-electron chi connectivity index (χ3n) is 7.28. The summed E-state index contributed by atoms with van der Waals surface area (Å²) in [6, 6.07) is 27.3. The van der Waals surface area contributed by atoms with Gasteiger partial charge in [-0.2, -0.15) is 0 Å². The molecule has 45 heavy (non-hydrogen) atoms. The van der Waals surface area contributed by atoms with Crippen molar-refractivity contribution in [1.29, 1.82) is 0 Å². The van der Waals surface area contributed by atoms with Crippen LogP contribution >= 0.6 is 34.8 Å². The Balaban J connectivity index is 1.82. The minimum absolute atomic E-state index is 0.0199. The van der Waals surface area contributed by atoms with E-state index in [1.807, 2.05) is 44.2 Å². The van der Waals surface area contributed by atoms with Crippen molar-refractivity contribution >= 4 is 62.3 Å². The Labute approximate surface area is 279 Å². The molecule has 7 nitrogen and oxygen atoms in total. The molecule has 1 N–H and O–H groups in total. The summed E-state index contributed by atoms with van der Waals surface area (Å²) in [5.74, 6) is -0.945. The number of carbonyl (C=O) groups excluding carboxylic acids is 2. The van der Waals surface area contributed by atoms with Crippen LogP contribution < -0.4 is 9.62 Å². The van der Waals surface area contributed by atoms with Gasteiger partial charge in [0, 0.05) is 34.1 Å². The lowest BCUT2D eigenvalue weighted by Crippen LogP contribution is -2.54.